The van der Waals surface area contributed by atoms with Gasteiger partial charge in [0.2, 0.25) is 0 Å². The fraction of sp³-hybridized carbons (Fsp3) is 0.130. The quantitative estimate of drug-likeness (QED) is 0.416. The van der Waals surface area contributed by atoms with E-state index >= 15 is 0 Å². The molecule has 0 unspecified atom stereocenters. The van der Waals surface area contributed by atoms with E-state index in [-0.39, 0.29) is 24.6 Å². The highest BCUT2D eigenvalue weighted by atomic mass is 19.4. The van der Waals surface area contributed by atoms with Gasteiger partial charge in [-0.05, 0) is 23.8 Å². The first-order valence-electron chi connectivity index (χ1n) is 9.94. The van der Waals surface area contributed by atoms with Crippen molar-refractivity contribution in [2.24, 2.45) is 0 Å². The lowest BCUT2D eigenvalue weighted by Crippen LogP contribution is -2.17. The number of nitrogens with zero attached hydrogens (tertiary/aromatic N) is 3. The van der Waals surface area contributed by atoms with Crippen molar-refractivity contribution in [2.45, 2.75) is 19.3 Å². The molecule has 4 aromatic rings. The van der Waals surface area contributed by atoms with Crippen LogP contribution in [0.1, 0.15) is 21.7 Å². The van der Waals surface area contributed by atoms with Crippen LogP contribution in [0.4, 0.5) is 18.9 Å². The van der Waals surface area contributed by atoms with Crippen LogP contribution in [-0.2, 0) is 24.1 Å². The summed E-state index contributed by atoms with van der Waals surface area (Å²) in [5, 5.41) is 16.2. The van der Waals surface area contributed by atoms with Crippen molar-refractivity contribution in [3.05, 3.63) is 83.8 Å². The highest BCUT2D eigenvalue weighted by molar-refractivity contribution is 6.05. The summed E-state index contributed by atoms with van der Waals surface area (Å²) in [6.45, 7) is -0.225. The maximum absolute atomic E-state index is 13.0. The van der Waals surface area contributed by atoms with Gasteiger partial charge >= 0.3 is 12.1 Å². The molecule has 0 saturated heterocycles. The molecule has 0 aliphatic carbocycles. The second-order valence-electron chi connectivity index (χ2n) is 7.26. The molecule has 1 amide bonds. The van der Waals surface area contributed by atoms with Gasteiger partial charge in [0.15, 0.2) is 0 Å². The second kappa shape index (κ2) is 9.22. The largest absolute Gasteiger partial charge is 0.487 e. The van der Waals surface area contributed by atoms with Gasteiger partial charge in [-0.15, -0.1) is 0 Å². The fourth-order valence-electron chi connectivity index (χ4n) is 3.18. The molecule has 174 valence electrons. The van der Waals surface area contributed by atoms with Crippen LogP contribution in [-0.4, -0.2) is 31.7 Å². The molecule has 0 radical (unpaired) electrons. The summed E-state index contributed by atoms with van der Waals surface area (Å²) in [5.74, 6) is -1.75. The molecule has 0 spiro atoms. The molecule has 0 bridgehead atoms. The van der Waals surface area contributed by atoms with E-state index in [1.807, 2.05) is 30.3 Å². The Morgan fingerprint density at radius 1 is 1.06 bits per heavy atom. The number of ether oxygens (including phenoxy) is 1. The number of hydrogen-bond donors (Lipinski definition) is 2. The van der Waals surface area contributed by atoms with E-state index < -0.39 is 29.4 Å². The third kappa shape index (κ3) is 5.31. The Labute approximate surface area is 190 Å². The normalized spacial score (nSPS) is 11.4. The summed E-state index contributed by atoms with van der Waals surface area (Å²) in [6, 6.07) is 15.2. The van der Waals surface area contributed by atoms with Gasteiger partial charge in [0.05, 0.1) is 11.2 Å². The van der Waals surface area contributed by atoms with Gasteiger partial charge in [-0.25, -0.2) is 4.98 Å². The summed E-state index contributed by atoms with van der Waals surface area (Å²) in [6.07, 6.45) is -3.22. The molecule has 0 atom stereocenters. The van der Waals surface area contributed by atoms with Crippen molar-refractivity contribution >= 4 is 28.5 Å². The van der Waals surface area contributed by atoms with Crippen molar-refractivity contribution < 1.29 is 32.6 Å². The van der Waals surface area contributed by atoms with Crippen molar-refractivity contribution in [1.82, 2.24) is 14.8 Å². The van der Waals surface area contributed by atoms with Gasteiger partial charge < -0.3 is 15.2 Å². The number of rotatable bonds is 7. The molecular formula is C23H17F3N4O4. The van der Waals surface area contributed by atoms with Crippen molar-refractivity contribution in [3.63, 3.8) is 0 Å². The van der Waals surface area contributed by atoms with E-state index in [4.69, 9.17) is 9.84 Å². The highest BCUT2D eigenvalue weighted by Gasteiger charge is 2.33. The Morgan fingerprint density at radius 3 is 2.53 bits per heavy atom. The van der Waals surface area contributed by atoms with Gasteiger partial charge in [-0.2, -0.15) is 18.3 Å². The molecule has 2 N–H and O–H groups in total. The van der Waals surface area contributed by atoms with Crippen molar-refractivity contribution in [2.75, 3.05) is 5.32 Å². The molecular weight excluding hydrogens is 453 g/mol. The SMILES string of the molecule is O=C(O)Cn1cc2cc(NC(=O)c3cccc(C(F)(F)F)n3)c(OCc3ccccc3)cc2n1. The zero-order chi connectivity index (χ0) is 24.3. The number of hydrogen-bond acceptors (Lipinski definition) is 5. The number of alkyl halides is 3. The van der Waals surface area contributed by atoms with Crippen LogP contribution in [0.2, 0.25) is 0 Å². The second-order valence-corrected chi connectivity index (χ2v) is 7.26. The number of carboxylic acid groups (broad SMARTS) is 1. The zero-order valence-corrected chi connectivity index (χ0v) is 17.4. The minimum absolute atomic E-state index is 0.146. The predicted molar refractivity (Wildman–Crippen MR) is 115 cm³/mol. The number of anilines is 1. The van der Waals surface area contributed by atoms with E-state index in [1.165, 1.54) is 29.1 Å². The number of carbonyl (C=O) groups is 2. The molecule has 8 nitrogen and oxygen atoms in total. The lowest BCUT2D eigenvalue weighted by molar-refractivity contribution is -0.141. The summed E-state index contributed by atoms with van der Waals surface area (Å²) in [4.78, 5) is 27.1. The van der Waals surface area contributed by atoms with Gasteiger partial charge in [-0.3, -0.25) is 14.3 Å². The number of aromatic nitrogens is 3. The molecule has 2 aromatic heterocycles. The average molecular weight is 470 g/mol. The first kappa shape index (κ1) is 22.8. The first-order chi connectivity index (χ1) is 16.2. The zero-order valence-electron chi connectivity index (χ0n) is 17.4. The van der Waals surface area contributed by atoms with Crippen LogP contribution in [0.5, 0.6) is 5.75 Å². The number of aliphatic carboxylic acids is 1. The smallest absolute Gasteiger partial charge is 0.433 e. The molecule has 2 aromatic carbocycles. The van der Waals surface area contributed by atoms with E-state index in [1.54, 1.807) is 0 Å². The van der Waals surface area contributed by atoms with Crippen molar-refractivity contribution in [1.29, 1.82) is 0 Å². The van der Waals surface area contributed by atoms with Crippen LogP contribution in [0.3, 0.4) is 0 Å². The summed E-state index contributed by atoms with van der Waals surface area (Å²) in [5.41, 5.74) is -0.186. The number of amides is 1. The van der Waals surface area contributed by atoms with Crippen LogP contribution in [0.15, 0.2) is 66.9 Å². The maximum atomic E-state index is 13.0. The van der Waals surface area contributed by atoms with E-state index in [0.717, 1.165) is 17.7 Å². The van der Waals surface area contributed by atoms with Crippen LogP contribution >= 0.6 is 0 Å². The third-order valence-corrected chi connectivity index (χ3v) is 4.71. The van der Waals surface area contributed by atoms with E-state index in [0.29, 0.717) is 10.9 Å². The van der Waals surface area contributed by atoms with E-state index in [9.17, 15) is 22.8 Å². The Balaban J connectivity index is 1.67. The highest BCUT2D eigenvalue weighted by Crippen LogP contribution is 2.32. The number of carbonyl (C=O) groups excluding carboxylic acids is 1. The number of halogens is 3. The van der Waals surface area contributed by atoms with Crippen LogP contribution < -0.4 is 10.1 Å². The van der Waals surface area contributed by atoms with Gasteiger partial charge in [-0.1, -0.05) is 36.4 Å². The molecule has 0 aliphatic rings. The van der Waals surface area contributed by atoms with Crippen LogP contribution in [0.25, 0.3) is 10.9 Å². The lowest BCUT2D eigenvalue weighted by Gasteiger charge is -2.13. The minimum atomic E-state index is -4.70. The predicted octanol–water partition coefficient (Wildman–Crippen LogP) is 4.37. The first-order valence-corrected chi connectivity index (χ1v) is 9.94. The minimum Gasteiger partial charge on any atom is -0.487 e. The Bertz CT molecular complexity index is 1350. The molecule has 0 aliphatic heterocycles. The Kier molecular flexibility index (Phi) is 6.17. The van der Waals surface area contributed by atoms with Gasteiger partial charge in [0, 0.05) is 17.6 Å². The number of fused-ring (bicyclic) bond motifs is 1. The fourth-order valence-corrected chi connectivity index (χ4v) is 3.18. The van der Waals surface area contributed by atoms with Gasteiger partial charge in [0.25, 0.3) is 5.91 Å². The molecule has 34 heavy (non-hydrogen) atoms. The average Bonchev–Trinajstić information content (AvgIpc) is 3.18. The number of pyridine rings is 1. The molecule has 2 heterocycles. The molecule has 11 heteroatoms. The third-order valence-electron chi connectivity index (χ3n) is 4.71. The maximum Gasteiger partial charge on any atom is 0.433 e. The van der Waals surface area contributed by atoms with Crippen LogP contribution in [0, 0.1) is 0 Å². The van der Waals surface area contributed by atoms with Gasteiger partial charge in [0.1, 0.15) is 30.3 Å². The standard InChI is InChI=1S/C23H17F3N4O4/c24-23(25,26)20-8-4-7-16(27-20)22(33)28-18-9-15-11-30(12-21(31)32)29-17(15)10-19(18)34-13-14-5-2-1-3-6-14/h1-11H,12-13H2,(H,28,33)(H,31,32). The summed E-state index contributed by atoms with van der Waals surface area (Å²) < 4.78 is 46.0. The van der Waals surface area contributed by atoms with Crippen molar-refractivity contribution in [3.8, 4) is 5.75 Å². The summed E-state index contributed by atoms with van der Waals surface area (Å²) in [7, 11) is 0. The molecule has 0 saturated carbocycles. The Hall–Kier alpha value is -4.41. The monoisotopic (exact) mass is 470 g/mol. The molecule has 0 fully saturated rings. The lowest BCUT2D eigenvalue weighted by atomic mass is 10.2. The Morgan fingerprint density at radius 2 is 1.82 bits per heavy atom. The van der Waals surface area contributed by atoms with E-state index in [2.05, 4.69) is 15.4 Å². The number of carboxylic acids is 1. The topological polar surface area (TPSA) is 106 Å². The summed E-state index contributed by atoms with van der Waals surface area (Å²) >= 11 is 0. The number of benzene rings is 2. The molecule has 4 rings (SSSR count). The number of nitrogens with one attached hydrogen (secondary N) is 1.